The lowest BCUT2D eigenvalue weighted by Crippen LogP contribution is -2.32. The first kappa shape index (κ1) is 11.2. The molecule has 0 bridgehead atoms. The van der Waals surface area contributed by atoms with E-state index in [0.717, 1.165) is 31.3 Å². The summed E-state index contributed by atoms with van der Waals surface area (Å²) >= 11 is 0. The first-order chi connectivity index (χ1) is 6.39. The topological polar surface area (TPSA) is 57.5 Å². The lowest BCUT2D eigenvalue weighted by molar-refractivity contribution is -0.131. The van der Waals surface area contributed by atoms with E-state index in [0.29, 0.717) is 0 Å². The van der Waals surface area contributed by atoms with Crippen molar-refractivity contribution in [3.05, 3.63) is 11.6 Å². The van der Waals surface area contributed by atoms with Crippen molar-refractivity contribution in [2.45, 2.75) is 45.1 Å². The van der Waals surface area contributed by atoms with Gasteiger partial charge in [-0.2, -0.15) is 0 Å². The van der Waals surface area contributed by atoms with Crippen LogP contribution in [0.15, 0.2) is 11.6 Å². The number of aliphatic carboxylic acids is 1. The minimum Gasteiger partial charge on any atom is -0.478 e. The van der Waals surface area contributed by atoms with Crippen molar-refractivity contribution in [3.8, 4) is 0 Å². The second-order valence-corrected chi connectivity index (χ2v) is 4.59. The Hall–Kier alpha value is -0.830. The number of rotatable bonds is 2. The molecular weight excluding hydrogens is 180 g/mol. The number of hydrogen-bond donors (Lipinski definition) is 2. The molecule has 0 aliphatic heterocycles. The molecule has 3 nitrogen and oxygen atoms in total. The van der Waals surface area contributed by atoms with Crippen LogP contribution >= 0.6 is 0 Å². The number of carboxylic acids is 1. The van der Waals surface area contributed by atoms with Crippen molar-refractivity contribution < 1.29 is 15.0 Å². The van der Waals surface area contributed by atoms with Gasteiger partial charge in [0.2, 0.25) is 0 Å². The summed E-state index contributed by atoms with van der Waals surface area (Å²) in [6, 6.07) is 0. The third kappa shape index (κ3) is 3.14. The van der Waals surface area contributed by atoms with Crippen LogP contribution in [0.1, 0.15) is 39.5 Å². The largest absolute Gasteiger partial charge is 0.478 e. The maximum absolute atomic E-state index is 10.5. The minimum atomic E-state index is -0.878. The van der Waals surface area contributed by atoms with Crippen LogP contribution in [-0.4, -0.2) is 21.8 Å². The maximum Gasteiger partial charge on any atom is 0.328 e. The van der Waals surface area contributed by atoms with E-state index in [1.165, 1.54) is 6.08 Å². The van der Waals surface area contributed by atoms with Gasteiger partial charge in [0.25, 0.3) is 0 Å². The van der Waals surface area contributed by atoms with E-state index < -0.39 is 11.6 Å². The smallest absolute Gasteiger partial charge is 0.328 e. The van der Waals surface area contributed by atoms with Gasteiger partial charge in [-0.05, 0) is 45.4 Å². The Morgan fingerprint density at radius 1 is 1.57 bits per heavy atom. The summed E-state index contributed by atoms with van der Waals surface area (Å²) in [6.07, 6.45) is 4.83. The molecular formula is C11H18O3. The molecule has 1 aliphatic carbocycles. The minimum absolute atomic E-state index is 0.196. The summed E-state index contributed by atoms with van der Waals surface area (Å²) in [4.78, 5) is 10.5. The summed E-state index contributed by atoms with van der Waals surface area (Å²) in [7, 11) is 0. The highest BCUT2D eigenvalue weighted by atomic mass is 16.4. The fraction of sp³-hybridized carbons (Fsp3) is 0.727. The van der Waals surface area contributed by atoms with Gasteiger partial charge < -0.3 is 10.2 Å². The van der Waals surface area contributed by atoms with E-state index in [1.807, 2.05) is 0 Å². The Kier molecular flexibility index (Phi) is 3.32. The van der Waals surface area contributed by atoms with E-state index in [4.69, 9.17) is 5.11 Å². The third-order valence-electron chi connectivity index (χ3n) is 2.89. The third-order valence-corrected chi connectivity index (χ3v) is 2.89. The summed E-state index contributed by atoms with van der Waals surface area (Å²) < 4.78 is 0. The van der Waals surface area contributed by atoms with Gasteiger partial charge in [-0.15, -0.1) is 0 Å². The highest BCUT2D eigenvalue weighted by Gasteiger charge is 2.29. The van der Waals surface area contributed by atoms with Crippen LogP contribution < -0.4 is 0 Å². The number of carboxylic acid groups (broad SMARTS) is 1. The molecule has 0 aromatic heterocycles. The average Bonchev–Trinajstić information content (AvgIpc) is 2.01. The molecule has 1 saturated carbocycles. The van der Waals surface area contributed by atoms with E-state index in [9.17, 15) is 9.90 Å². The number of hydrogen-bond acceptors (Lipinski definition) is 2. The second-order valence-electron chi connectivity index (χ2n) is 4.59. The molecule has 0 aromatic carbocycles. The molecule has 1 atom stereocenters. The molecule has 0 radical (unpaired) electrons. The van der Waals surface area contributed by atoms with Gasteiger partial charge in [0.1, 0.15) is 0 Å². The first-order valence-electron chi connectivity index (χ1n) is 5.04. The summed E-state index contributed by atoms with van der Waals surface area (Å²) in [5.41, 5.74) is 0.258. The van der Waals surface area contributed by atoms with Crippen LogP contribution in [0.4, 0.5) is 0 Å². The molecule has 80 valence electrons. The molecule has 0 spiro atoms. The van der Waals surface area contributed by atoms with Gasteiger partial charge in [-0.25, -0.2) is 4.79 Å². The maximum atomic E-state index is 10.5. The molecule has 3 heteroatoms. The van der Waals surface area contributed by atoms with Gasteiger partial charge in [0.15, 0.2) is 0 Å². The number of aliphatic hydroxyl groups is 1. The van der Waals surface area contributed by atoms with Crippen LogP contribution in [0.2, 0.25) is 0 Å². The Bertz CT molecular complexity index is 248. The zero-order valence-electron chi connectivity index (χ0n) is 8.79. The van der Waals surface area contributed by atoms with Crippen LogP contribution in [0.25, 0.3) is 0 Å². The molecule has 1 fully saturated rings. The first-order valence-corrected chi connectivity index (χ1v) is 5.04. The monoisotopic (exact) mass is 198 g/mol. The average molecular weight is 198 g/mol. The molecule has 1 rings (SSSR count). The van der Waals surface area contributed by atoms with Gasteiger partial charge in [0, 0.05) is 6.08 Å². The molecule has 0 aromatic rings. The highest BCUT2D eigenvalue weighted by Crippen LogP contribution is 2.35. The molecule has 2 N–H and O–H groups in total. The van der Waals surface area contributed by atoms with Crippen molar-refractivity contribution in [1.82, 2.24) is 0 Å². The van der Waals surface area contributed by atoms with Gasteiger partial charge >= 0.3 is 5.97 Å². The molecule has 14 heavy (non-hydrogen) atoms. The fourth-order valence-electron chi connectivity index (χ4n) is 2.00. The molecule has 1 unspecified atom stereocenters. The van der Waals surface area contributed by atoms with Crippen LogP contribution in [0.5, 0.6) is 0 Å². The van der Waals surface area contributed by atoms with Crippen molar-refractivity contribution in [2.24, 2.45) is 5.92 Å². The van der Waals surface area contributed by atoms with E-state index in [2.05, 4.69) is 0 Å². The number of allylic oxidation sites excluding steroid dienone is 1. The molecule has 1 aliphatic rings. The second kappa shape index (κ2) is 4.13. The molecule has 0 saturated heterocycles. The van der Waals surface area contributed by atoms with Crippen molar-refractivity contribution >= 4 is 5.97 Å². The van der Waals surface area contributed by atoms with Crippen LogP contribution in [-0.2, 0) is 4.79 Å². The highest BCUT2D eigenvalue weighted by molar-refractivity contribution is 5.80. The Balaban J connectivity index is 2.65. The molecule has 0 amide bonds. The number of carbonyl (C=O) groups is 1. The van der Waals surface area contributed by atoms with Crippen molar-refractivity contribution in [3.63, 3.8) is 0 Å². The quantitative estimate of drug-likeness (QED) is 0.667. The summed E-state index contributed by atoms with van der Waals surface area (Å²) in [5, 5.41) is 18.4. The zero-order chi connectivity index (χ0) is 10.8. The van der Waals surface area contributed by atoms with Crippen LogP contribution in [0, 0.1) is 5.92 Å². The lowest BCUT2D eigenvalue weighted by atomic mass is 9.76. The van der Waals surface area contributed by atoms with E-state index in [1.54, 1.807) is 13.8 Å². The summed E-state index contributed by atoms with van der Waals surface area (Å²) in [5.74, 6) is -0.682. The summed E-state index contributed by atoms with van der Waals surface area (Å²) in [6.45, 7) is 3.59. The van der Waals surface area contributed by atoms with Crippen molar-refractivity contribution in [2.75, 3.05) is 0 Å². The Morgan fingerprint density at radius 2 is 2.21 bits per heavy atom. The zero-order valence-corrected chi connectivity index (χ0v) is 8.79. The predicted octanol–water partition coefficient (Wildman–Crippen LogP) is 1.96. The Morgan fingerprint density at radius 3 is 2.71 bits per heavy atom. The van der Waals surface area contributed by atoms with Crippen LogP contribution in [0.3, 0.4) is 0 Å². The Labute approximate surface area is 84.4 Å². The van der Waals surface area contributed by atoms with Gasteiger partial charge in [-0.1, -0.05) is 5.57 Å². The predicted molar refractivity (Wildman–Crippen MR) is 54.0 cm³/mol. The standard InChI is InChI=1S/C11H18O3/c1-11(2,14)9-5-3-4-8(6-9)7-10(12)13/h7,9,14H,3-6H2,1-2H3,(H,12,13)/b8-7-. The molecule has 0 heterocycles. The van der Waals surface area contributed by atoms with E-state index in [-0.39, 0.29) is 5.92 Å². The van der Waals surface area contributed by atoms with E-state index >= 15 is 0 Å². The lowest BCUT2D eigenvalue weighted by Gasteiger charge is -2.33. The fourth-order valence-corrected chi connectivity index (χ4v) is 2.00. The van der Waals surface area contributed by atoms with Gasteiger partial charge in [-0.3, -0.25) is 0 Å². The normalized spacial score (nSPS) is 26.5. The van der Waals surface area contributed by atoms with Crippen molar-refractivity contribution in [1.29, 1.82) is 0 Å². The van der Waals surface area contributed by atoms with Gasteiger partial charge in [0.05, 0.1) is 5.60 Å². The SMILES string of the molecule is CC(C)(O)C1CCC/C(=C/C(=O)O)C1.